The first-order valence-electron chi connectivity index (χ1n) is 8.95. The summed E-state index contributed by atoms with van der Waals surface area (Å²) in [5, 5.41) is 4.37. The van der Waals surface area contributed by atoms with Gasteiger partial charge in [-0.1, -0.05) is 33.8 Å². The number of rotatable bonds is 2. The highest BCUT2D eigenvalue weighted by Gasteiger charge is 2.09. The second kappa shape index (κ2) is 9.77. The lowest BCUT2D eigenvalue weighted by atomic mass is 10.0. The van der Waals surface area contributed by atoms with Crippen LogP contribution in [0.2, 0.25) is 0 Å². The number of aromatic nitrogens is 1. The molecule has 0 bridgehead atoms. The Bertz CT molecular complexity index is 808. The van der Waals surface area contributed by atoms with Gasteiger partial charge >= 0.3 is 0 Å². The molecule has 1 aromatic heterocycles. The Balaban J connectivity index is 0.000000730. The van der Waals surface area contributed by atoms with Gasteiger partial charge in [0.25, 0.3) is 0 Å². The van der Waals surface area contributed by atoms with E-state index in [4.69, 9.17) is 4.98 Å². The molecular weight excluding hydrogens is 311 g/mol. The average Bonchev–Trinajstić information content (AvgIpc) is 2.65. The Labute approximate surface area is 151 Å². The van der Waals surface area contributed by atoms with Crippen LogP contribution >= 0.6 is 0 Å². The van der Waals surface area contributed by atoms with E-state index in [-0.39, 0.29) is 5.82 Å². The molecule has 25 heavy (non-hydrogen) atoms. The van der Waals surface area contributed by atoms with Crippen molar-refractivity contribution >= 4 is 16.6 Å². The molecule has 0 amide bonds. The molecule has 1 N–H and O–H groups in total. The Morgan fingerprint density at radius 3 is 2.04 bits per heavy atom. The van der Waals surface area contributed by atoms with E-state index in [1.54, 1.807) is 12.1 Å². The van der Waals surface area contributed by atoms with Crippen molar-refractivity contribution in [1.82, 2.24) is 4.98 Å². The number of hydrogen-bond acceptors (Lipinski definition) is 2. The molecule has 0 saturated heterocycles. The van der Waals surface area contributed by atoms with Gasteiger partial charge in [-0.05, 0) is 61.4 Å². The second-order valence-electron chi connectivity index (χ2n) is 5.21. The van der Waals surface area contributed by atoms with E-state index in [1.807, 2.05) is 40.8 Å². The fourth-order valence-electron chi connectivity index (χ4n) is 2.78. The van der Waals surface area contributed by atoms with Crippen LogP contribution in [0.3, 0.4) is 0 Å². The van der Waals surface area contributed by atoms with Crippen LogP contribution in [0.5, 0.6) is 0 Å². The van der Waals surface area contributed by atoms with Gasteiger partial charge in [-0.2, -0.15) is 0 Å². The summed E-state index contributed by atoms with van der Waals surface area (Å²) >= 11 is 0. The highest BCUT2D eigenvalue weighted by molar-refractivity contribution is 5.90. The average molecular weight is 340 g/mol. The molecule has 2 nitrogen and oxygen atoms in total. The molecule has 3 aromatic rings. The maximum Gasteiger partial charge on any atom is 0.123 e. The third kappa shape index (κ3) is 4.56. The first-order chi connectivity index (χ1) is 12.1. The summed E-state index contributed by atoms with van der Waals surface area (Å²) in [6.07, 6.45) is 0. The minimum absolute atomic E-state index is 0.232. The summed E-state index contributed by atoms with van der Waals surface area (Å²) in [7, 11) is 1.93. The normalized spacial score (nSPS) is 9.60. The van der Waals surface area contributed by atoms with E-state index >= 15 is 0 Å². The minimum Gasteiger partial charge on any atom is -0.388 e. The van der Waals surface area contributed by atoms with Crippen molar-refractivity contribution in [3.05, 3.63) is 59.4 Å². The number of nitrogens with zero attached hydrogens (tertiary/aromatic N) is 1. The zero-order chi connectivity index (χ0) is 19.0. The van der Waals surface area contributed by atoms with Crippen LogP contribution in [0, 0.1) is 19.7 Å². The Morgan fingerprint density at radius 2 is 1.48 bits per heavy atom. The van der Waals surface area contributed by atoms with E-state index in [9.17, 15) is 4.39 Å². The van der Waals surface area contributed by atoms with Gasteiger partial charge in [0.15, 0.2) is 0 Å². The van der Waals surface area contributed by atoms with Gasteiger partial charge in [-0.25, -0.2) is 9.37 Å². The third-order valence-corrected chi connectivity index (χ3v) is 3.84. The zero-order valence-electron chi connectivity index (χ0n) is 16.4. The van der Waals surface area contributed by atoms with Crippen molar-refractivity contribution in [2.75, 3.05) is 12.4 Å². The van der Waals surface area contributed by atoms with Crippen LogP contribution < -0.4 is 5.32 Å². The molecule has 3 heteroatoms. The van der Waals surface area contributed by atoms with Crippen LogP contribution in [0.1, 0.15) is 38.8 Å². The summed E-state index contributed by atoms with van der Waals surface area (Å²) in [6, 6.07) is 12.6. The lowest BCUT2D eigenvalue weighted by Gasteiger charge is -2.13. The predicted molar refractivity (Wildman–Crippen MR) is 109 cm³/mol. The van der Waals surface area contributed by atoms with Crippen molar-refractivity contribution in [2.45, 2.75) is 41.5 Å². The summed E-state index contributed by atoms with van der Waals surface area (Å²) in [5.41, 5.74) is 6.27. The molecule has 0 radical (unpaired) electrons. The summed E-state index contributed by atoms with van der Waals surface area (Å²) in [5.74, 6) is -0.232. The summed E-state index contributed by atoms with van der Waals surface area (Å²) < 4.78 is 13.0. The summed E-state index contributed by atoms with van der Waals surface area (Å²) in [4.78, 5) is 4.72. The number of fused-ring (bicyclic) bond motifs is 1. The first-order valence-corrected chi connectivity index (χ1v) is 8.95. The van der Waals surface area contributed by atoms with Gasteiger partial charge in [0.1, 0.15) is 5.82 Å². The van der Waals surface area contributed by atoms with Crippen LogP contribution in [-0.2, 0) is 0 Å². The van der Waals surface area contributed by atoms with Gasteiger partial charge in [0.2, 0.25) is 0 Å². The van der Waals surface area contributed by atoms with E-state index in [0.717, 1.165) is 27.8 Å². The standard InChI is InChI=1S/C18H17FN2.2C2H6/c1-11-10-17-15(12(2)18(11)20-3)8-9-16(21-17)13-4-6-14(19)7-5-13;2*1-2/h4-10,20H,1-3H3;2*1-2H3. The van der Waals surface area contributed by atoms with Crippen molar-refractivity contribution in [3.8, 4) is 11.3 Å². The molecule has 0 unspecified atom stereocenters. The molecule has 2 aromatic carbocycles. The quantitative estimate of drug-likeness (QED) is 0.558. The van der Waals surface area contributed by atoms with Crippen molar-refractivity contribution in [2.24, 2.45) is 0 Å². The highest BCUT2D eigenvalue weighted by Crippen LogP contribution is 2.30. The minimum atomic E-state index is -0.232. The fourth-order valence-corrected chi connectivity index (χ4v) is 2.78. The molecule has 0 aliphatic rings. The van der Waals surface area contributed by atoms with Crippen molar-refractivity contribution in [1.29, 1.82) is 0 Å². The van der Waals surface area contributed by atoms with Gasteiger partial charge in [-0.15, -0.1) is 0 Å². The molecule has 0 spiro atoms. The predicted octanol–water partition coefficient (Wildman–Crippen LogP) is 6.75. The van der Waals surface area contributed by atoms with Crippen LogP contribution in [0.15, 0.2) is 42.5 Å². The molecule has 0 aliphatic heterocycles. The van der Waals surface area contributed by atoms with Crippen LogP contribution in [0.25, 0.3) is 22.2 Å². The summed E-state index contributed by atoms with van der Waals surface area (Å²) in [6.45, 7) is 12.2. The van der Waals surface area contributed by atoms with Crippen molar-refractivity contribution in [3.63, 3.8) is 0 Å². The van der Waals surface area contributed by atoms with E-state index in [2.05, 4.69) is 31.3 Å². The molecular formula is C22H29FN2. The zero-order valence-corrected chi connectivity index (χ0v) is 16.4. The monoisotopic (exact) mass is 340 g/mol. The maximum atomic E-state index is 13.0. The van der Waals surface area contributed by atoms with Gasteiger partial charge in [-0.3, -0.25) is 0 Å². The van der Waals surface area contributed by atoms with E-state index in [0.29, 0.717) is 0 Å². The number of hydrogen-bond donors (Lipinski definition) is 1. The maximum absolute atomic E-state index is 13.0. The lowest BCUT2D eigenvalue weighted by molar-refractivity contribution is 0.628. The van der Waals surface area contributed by atoms with Gasteiger partial charge in [0.05, 0.1) is 11.2 Å². The first kappa shape index (κ1) is 20.6. The Hall–Kier alpha value is -2.42. The third-order valence-electron chi connectivity index (χ3n) is 3.84. The molecule has 0 aliphatic carbocycles. The van der Waals surface area contributed by atoms with Crippen molar-refractivity contribution < 1.29 is 4.39 Å². The van der Waals surface area contributed by atoms with Crippen LogP contribution in [-0.4, -0.2) is 12.0 Å². The van der Waals surface area contributed by atoms with E-state index < -0.39 is 0 Å². The molecule has 0 atom stereocenters. The lowest BCUT2D eigenvalue weighted by Crippen LogP contribution is -1.97. The number of aryl methyl sites for hydroxylation is 2. The second-order valence-corrected chi connectivity index (χ2v) is 5.21. The van der Waals surface area contributed by atoms with E-state index in [1.165, 1.54) is 23.3 Å². The van der Waals surface area contributed by atoms with Gasteiger partial charge < -0.3 is 5.32 Å². The molecule has 0 fully saturated rings. The number of halogens is 1. The topological polar surface area (TPSA) is 24.9 Å². The molecule has 1 heterocycles. The van der Waals surface area contributed by atoms with Gasteiger partial charge in [0, 0.05) is 23.7 Å². The largest absolute Gasteiger partial charge is 0.388 e. The smallest absolute Gasteiger partial charge is 0.123 e. The number of benzene rings is 2. The SMILES string of the molecule is CC.CC.CNc1c(C)cc2nc(-c3ccc(F)cc3)ccc2c1C. The number of pyridine rings is 1. The molecule has 3 rings (SSSR count). The molecule has 134 valence electrons. The Kier molecular flexibility index (Phi) is 8.06. The number of anilines is 1. The van der Waals surface area contributed by atoms with Crippen LogP contribution in [0.4, 0.5) is 10.1 Å². The Morgan fingerprint density at radius 1 is 0.880 bits per heavy atom. The highest BCUT2D eigenvalue weighted by atomic mass is 19.1. The number of nitrogens with one attached hydrogen (secondary N) is 1. The molecule has 0 saturated carbocycles. The fraction of sp³-hybridized carbons (Fsp3) is 0.318.